The van der Waals surface area contributed by atoms with Gasteiger partial charge in [-0.3, -0.25) is 4.79 Å². The first kappa shape index (κ1) is 15.8. The summed E-state index contributed by atoms with van der Waals surface area (Å²) >= 11 is 0. The molecular weight excluding hydrogens is 271 g/mol. The molecule has 5 heteroatoms. The number of carbonyl (C=O) groups is 1. The average molecular weight is 294 g/mol. The Hall–Kier alpha value is -1.62. The molecule has 0 unspecified atom stereocenters. The Morgan fingerprint density at radius 2 is 2.10 bits per heavy atom. The van der Waals surface area contributed by atoms with E-state index in [0.29, 0.717) is 18.2 Å². The van der Waals surface area contributed by atoms with Crippen molar-refractivity contribution in [1.82, 2.24) is 0 Å². The fourth-order valence-electron chi connectivity index (χ4n) is 2.63. The minimum absolute atomic E-state index is 0.169. The van der Waals surface area contributed by atoms with Crippen LogP contribution in [0, 0.1) is 11.7 Å². The summed E-state index contributed by atoms with van der Waals surface area (Å²) in [6.45, 7) is 1.15. The van der Waals surface area contributed by atoms with Gasteiger partial charge in [0.15, 0.2) is 0 Å². The van der Waals surface area contributed by atoms with Crippen molar-refractivity contribution in [3.8, 4) is 0 Å². The summed E-state index contributed by atoms with van der Waals surface area (Å²) in [5, 5.41) is 2.67. The molecule has 3 N–H and O–H groups in total. The first-order valence-electron chi connectivity index (χ1n) is 7.58. The average Bonchev–Trinajstić information content (AvgIpc) is 2.48. The fourth-order valence-corrected chi connectivity index (χ4v) is 2.63. The van der Waals surface area contributed by atoms with Gasteiger partial charge in [-0.05, 0) is 37.0 Å². The molecule has 0 bridgehead atoms. The zero-order valence-corrected chi connectivity index (χ0v) is 12.2. The molecule has 0 atom stereocenters. The number of hydrogen-bond donors (Lipinski definition) is 2. The number of hydrogen-bond acceptors (Lipinski definition) is 3. The van der Waals surface area contributed by atoms with Gasteiger partial charge >= 0.3 is 0 Å². The van der Waals surface area contributed by atoms with Gasteiger partial charge in [0.1, 0.15) is 5.82 Å². The molecule has 1 aliphatic rings. The van der Waals surface area contributed by atoms with Gasteiger partial charge in [0.25, 0.3) is 0 Å². The van der Waals surface area contributed by atoms with Gasteiger partial charge in [0, 0.05) is 6.61 Å². The minimum Gasteiger partial charge on any atom is -0.397 e. The van der Waals surface area contributed by atoms with Crippen LogP contribution < -0.4 is 11.1 Å². The van der Waals surface area contributed by atoms with Crippen molar-refractivity contribution in [3.63, 3.8) is 0 Å². The second kappa shape index (κ2) is 7.98. The molecule has 0 aromatic heterocycles. The van der Waals surface area contributed by atoms with Crippen LogP contribution in [0.15, 0.2) is 18.2 Å². The van der Waals surface area contributed by atoms with Gasteiger partial charge in [-0.25, -0.2) is 4.39 Å². The van der Waals surface area contributed by atoms with E-state index in [1.54, 1.807) is 0 Å². The number of amides is 1. The van der Waals surface area contributed by atoms with E-state index in [2.05, 4.69) is 5.32 Å². The van der Waals surface area contributed by atoms with Crippen LogP contribution in [0.3, 0.4) is 0 Å². The number of nitrogen functional groups attached to an aromatic ring is 1. The Labute approximate surface area is 124 Å². The SMILES string of the molecule is Nc1cc(F)ccc1NC(=O)CCOCC1CCCCC1. The van der Waals surface area contributed by atoms with E-state index in [1.807, 2.05) is 0 Å². The van der Waals surface area contributed by atoms with Crippen molar-refractivity contribution >= 4 is 17.3 Å². The van der Waals surface area contributed by atoms with Gasteiger partial charge in [0.05, 0.1) is 24.4 Å². The summed E-state index contributed by atoms with van der Waals surface area (Å²) in [7, 11) is 0. The lowest BCUT2D eigenvalue weighted by Gasteiger charge is -2.21. The number of nitrogens with two attached hydrogens (primary N) is 1. The summed E-state index contributed by atoms with van der Waals surface area (Å²) < 4.78 is 18.5. The van der Waals surface area contributed by atoms with Crippen molar-refractivity contribution < 1.29 is 13.9 Å². The molecule has 2 rings (SSSR count). The van der Waals surface area contributed by atoms with Crippen LogP contribution >= 0.6 is 0 Å². The lowest BCUT2D eigenvalue weighted by Crippen LogP contribution is -2.18. The van der Waals surface area contributed by atoms with E-state index in [9.17, 15) is 9.18 Å². The van der Waals surface area contributed by atoms with E-state index in [1.165, 1.54) is 50.3 Å². The van der Waals surface area contributed by atoms with Gasteiger partial charge < -0.3 is 15.8 Å². The Balaban J connectivity index is 1.65. The van der Waals surface area contributed by atoms with Crippen molar-refractivity contribution in [1.29, 1.82) is 0 Å². The topological polar surface area (TPSA) is 64.3 Å². The first-order valence-corrected chi connectivity index (χ1v) is 7.58. The molecule has 0 spiro atoms. The quantitative estimate of drug-likeness (QED) is 0.625. The van der Waals surface area contributed by atoms with Crippen molar-refractivity contribution in [2.75, 3.05) is 24.3 Å². The molecule has 4 nitrogen and oxygen atoms in total. The minimum atomic E-state index is -0.415. The summed E-state index contributed by atoms with van der Waals surface area (Å²) in [5.41, 5.74) is 6.30. The Morgan fingerprint density at radius 1 is 1.33 bits per heavy atom. The van der Waals surface area contributed by atoms with Gasteiger partial charge in [-0.15, -0.1) is 0 Å². The first-order chi connectivity index (χ1) is 10.1. The summed E-state index contributed by atoms with van der Waals surface area (Å²) in [6, 6.07) is 3.92. The highest BCUT2D eigenvalue weighted by Crippen LogP contribution is 2.23. The molecule has 1 amide bonds. The van der Waals surface area contributed by atoms with Crippen LogP contribution in [0.1, 0.15) is 38.5 Å². The molecule has 0 saturated heterocycles. The molecule has 1 aliphatic carbocycles. The molecule has 21 heavy (non-hydrogen) atoms. The third-order valence-electron chi connectivity index (χ3n) is 3.84. The summed E-state index contributed by atoms with van der Waals surface area (Å²) in [6.07, 6.45) is 6.66. The second-order valence-corrected chi connectivity index (χ2v) is 5.61. The van der Waals surface area contributed by atoms with Crippen LogP contribution in [0.25, 0.3) is 0 Å². The molecule has 1 fully saturated rings. The predicted molar refractivity (Wildman–Crippen MR) is 81.5 cm³/mol. The Bertz CT molecular complexity index is 473. The van der Waals surface area contributed by atoms with Gasteiger partial charge in [-0.1, -0.05) is 19.3 Å². The van der Waals surface area contributed by atoms with Crippen LogP contribution in [0.2, 0.25) is 0 Å². The Kier molecular flexibility index (Phi) is 5.99. The molecule has 0 aliphatic heterocycles. The lowest BCUT2D eigenvalue weighted by atomic mass is 9.90. The van der Waals surface area contributed by atoms with Crippen molar-refractivity contribution in [3.05, 3.63) is 24.0 Å². The number of rotatable bonds is 6. The Morgan fingerprint density at radius 3 is 2.81 bits per heavy atom. The number of ether oxygens (including phenoxy) is 1. The van der Waals surface area contributed by atoms with Crippen LogP contribution in [0.5, 0.6) is 0 Å². The maximum atomic E-state index is 12.9. The summed E-state index contributed by atoms with van der Waals surface area (Å²) in [4.78, 5) is 11.8. The highest BCUT2D eigenvalue weighted by molar-refractivity contribution is 5.93. The third-order valence-corrected chi connectivity index (χ3v) is 3.84. The molecule has 0 heterocycles. The molecule has 1 aromatic rings. The second-order valence-electron chi connectivity index (χ2n) is 5.61. The summed E-state index contributed by atoms with van der Waals surface area (Å²) in [5.74, 6) is 0.0628. The molecule has 1 saturated carbocycles. The van der Waals surface area contributed by atoms with E-state index in [4.69, 9.17) is 10.5 Å². The normalized spacial score (nSPS) is 15.9. The van der Waals surface area contributed by atoms with Crippen LogP contribution in [-0.2, 0) is 9.53 Å². The largest absolute Gasteiger partial charge is 0.397 e. The monoisotopic (exact) mass is 294 g/mol. The fraction of sp³-hybridized carbons (Fsp3) is 0.562. The van der Waals surface area contributed by atoms with E-state index in [-0.39, 0.29) is 18.0 Å². The maximum Gasteiger partial charge on any atom is 0.226 e. The molecule has 1 aromatic carbocycles. The molecule has 0 radical (unpaired) electrons. The smallest absolute Gasteiger partial charge is 0.226 e. The number of nitrogens with one attached hydrogen (secondary N) is 1. The third kappa shape index (κ3) is 5.34. The standard InChI is InChI=1S/C16H23FN2O2/c17-13-6-7-15(14(18)10-13)19-16(20)8-9-21-11-12-4-2-1-3-5-12/h6-7,10,12H,1-5,8-9,11,18H2,(H,19,20). The van der Waals surface area contributed by atoms with Crippen molar-refractivity contribution in [2.45, 2.75) is 38.5 Å². The van der Waals surface area contributed by atoms with E-state index >= 15 is 0 Å². The lowest BCUT2D eigenvalue weighted by molar-refractivity contribution is -0.117. The number of anilines is 2. The van der Waals surface area contributed by atoms with E-state index in [0.717, 1.165) is 6.61 Å². The van der Waals surface area contributed by atoms with E-state index < -0.39 is 5.82 Å². The van der Waals surface area contributed by atoms with Crippen molar-refractivity contribution in [2.24, 2.45) is 5.92 Å². The van der Waals surface area contributed by atoms with Gasteiger partial charge in [-0.2, -0.15) is 0 Å². The van der Waals surface area contributed by atoms with Crippen LogP contribution in [-0.4, -0.2) is 19.1 Å². The maximum absolute atomic E-state index is 12.9. The highest BCUT2D eigenvalue weighted by atomic mass is 19.1. The number of carbonyl (C=O) groups excluding carboxylic acids is 1. The zero-order chi connectivity index (χ0) is 15.1. The predicted octanol–water partition coefficient (Wildman–Crippen LogP) is 3.33. The number of halogens is 1. The van der Waals surface area contributed by atoms with Crippen LogP contribution in [0.4, 0.5) is 15.8 Å². The number of benzene rings is 1. The zero-order valence-electron chi connectivity index (χ0n) is 12.2. The van der Waals surface area contributed by atoms with Gasteiger partial charge in [0.2, 0.25) is 5.91 Å². The molecular formula is C16H23FN2O2. The highest BCUT2D eigenvalue weighted by Gasteiger charge is 2.13. The molecule has 116 valence electrons.